The third-order valence-electron chi connectivity index (χ3n) is 2.93. The fourth-order valence-electron chi connectivity index (χ4n) is 1.87. The fourth-order valence-corrected chi connectivity index (χ4v) is 1.87. The van der Waals surface area contributed by atoms with Crippen LogP contribution >= 0.6 is 0 Å². The van der Waals surface area contributed by atoms with Gasteiger partial charge < -0.3 is 14.2 Å². The highest BCUT2D eigenvalue weighted by atomic mass is 16.7. The van der Waals surface area contributed by atoms with Crippen LogP contribution in [0.2, 0.25) is 0 Å². The first-order valence-electron chi connectivity index (χ1n) is 6.69. The van der Waals surface area contributed by atoms with Crippen LogP contribution in [0.5, 0.6) is 0 Å². The molecule has 110 valence electrons. The van der Waals surface area contributed by atoms with Crippen LogP contribution in [0.3, 0.4) is 0 Å². The van der Waals surface area contributed by atoms with Gasteiger partial charge in [0.15, 0.2) is 0 Å². The van der Waals surface area contributed by atoms with Gasteiger partial charge in [0.1, 0.15) is 19.5 Å². The number of esters is 1. The summed E-state index contributed by atoms with van der Waals surface area (Å²) in [5, 5.41) is 0. The van der Waals surface area contributed by atoms with E-state index in [0.29, 0.717) is 5.56 Å². The molecule has 0 spiro atoms. The van der Waals surface area contributed by atoms with Crippen molar-refractivity contribution < 1.29 is 19.0 Å². The second-order valence-electron chi connectivity index (χ2n) is 4.44. The van der Waals surface area contributed by atoms with Gasteiger partial charge in [0, 0.05) is 7.11 Å². The van der Waals surface area contributed by atoms with Gasteiger partial charge >= 0.3 is 5.97 Å². The Morgan fingerprint density at radius 1 is 1.00 bits per heavy atom. The molecule has 0 amide bonds. The summed E-state index contributed by atoms with van der Waals surface area (Å²) in [4.78, 5) is 11.9. The molecule has 0 saturated carbocycles. The maximum Gasteiger partial charge on any atom is 0.338 e. The van der Waals surface area contributed by atoms with E-state index in [0.717, 1.165) is 5.56 Å². The van der Waals surface area contributed by atoms with E-state index in [9.17, 15) is 4.79 Å². The van der Waals surface area contributed by atoms with Crippen molar-refractivity contribution in [1.29, 1.82) is 0 Å². The van der Waals surface area contributed by atoms with Crippen molar-refractivity contribution in [2.24, 2.45) is 0 Å². The van der Waals surface area contributed by atoms with Crippen molar-refractivity contribution in [1.82, 2.24) is 0 Å². The van der Waals surface area contributed by atoms with Gasteiger partial charge in [-0.25, -0.2) is 4.79 Å². The molecule has 0 heterocycles. The van der Waals surface area contributed by atoms with E-state index in [-0.39, 0.29) is 25.5 Å². The zero-order valence-corrected chi connectivity index (χ0v) is 11.9. The fraction of sp³-hybridized carbons (Fsp3) is 0.235. The van der Waals surface area contributed by atoms with E-state index in [1.165, 1.54) is 0 Å². The number of carbonyl (C=O) groups excluding carboxylic acids is 1. The van der Waals surface area contributed by atoms with Crippen molar-refractivity contribution in [2.45, 2.75) is 6.10 Å². The lowest BCUT2D eigenvalue weighted by Gasteiger charge is -2.17. The van der Waals surface area contributed by atoms with E-state index in [1.54, 1.807) is 31.4 Å². The van der Waals surface area contributed by atoms with Gasteiger partial charge in [-0.05, 0) is 17.7 Å². The summed E-state index contributed by atoms with van der Waals surface area (Å²) in [6.07, 6.45) is -0.348. The molecule has 0 aliphatic carbocycles. The SMILES string of the molecule is COCO[C@@H](COC(=O)c1ccccc1)c1ccccc1. The van der Waals surface area contributed by atoms with Gasteiger partial charge in [0.2, 0.25) is 0 Å². The zero-order chi connectivity index (χ0) is 14.9. The van der Waals surface area contributed by atoms with Gasteiger partial charge in [-0.2, -0.15) is 0 Å². The topological polar surface area (TPSA) is 44.8 Å². The lowest BCUT2D eigenvalue weighted by molar-refractivity contribution is -0.0916. The average molecular weight is 286 g/mol. The van der Waals surface area contributed by atoms with Gasteiger partial charge in [-0.3, -0.25) is 0 Å². The Kier molecular flexibility index (Phi) is 5.94. The molecule has 2 rings (SSSR count). The molecule has 1 atom stereocenters. The van der Waals surface area contributed by atoms with Crippen LogP contribution < -0.4 is 0 Å². The maximum atomic E-state index is 11.9. The number of hydrogen-bond acceptors (Lipinski definition) is 4. The highest BCUT2D eigenvalue weighted by Gasteiger charge is 2.15. The summed E-state index contributed by atoms with van der Waals surface area (Å²) < 4.78 is 15.8. The van der Waals surface area contributed by atoms with Gasteiger partial charge in [-0.1, -0.05) is 48.5 Å². The van der Waals surface area contributed by atoms with E-state index < -0.39 is 0 Å². The minimum atomic E-state index is -0.363. The van der Waals surface area contributed by atoms with Crippen LogP contribution in [0, 0.1) is 0 Å². The summed E-state index contributed by atoms with van der Waals surface area (Å²) in [7, 11) is 1.55. The van der Waals surface area contributed by atoms with Crippen LogP contribution in [0.25, 0.3) is 0 Å². The molecule has 0 saturated heterocycles. The second kappa shape index (κ2) is 8.19. The lowest BCUT2D eigenvalue weighted by atomic mass is 10.1. The number of ether oxygens (including phenoxy) is 3. The van der Waals surface area contributed by atoms with Crippen molar-refractivity contribution in [2.75, 3.05) is 20.5 Å². The molecule has 2 aromatic rings. The quantitative estimate of drug-likeness (QED) is 0.579. The van der Waals surface area contributed by atoms with E-state index >= 15 is 0 Å². The predicted molar refractivity (Wildman–Crippen MR) is 78.9 cm³/mol. The number of carbonyl (C=O) groups is 1. The van der Waals surface area contributed by atoms with Crippen LogP contribution in [0.15, 0.2) is 60.7 Å². The lowest BCUT2D eigenvalue weighted by Crippen LogP contribution is -2.16. The number of rotatable bonds is 7. The molecule has 0 fully saturated rings. The highest BCUT2D eigenvalue weighted by Crippen LogP contribution is 2.18. The first kappa shape index (κ1) is 15.2. The van der Waals surface area contributed by atoms with Gasteiger partial charge in [0.05, 0.1) is 5.56 Å². The monoisotopic (exact) mass is 286 g/mol. The number of methoxy groups -OCH3 is 1. The summed E-state index contributed by atoms with van der Waals surface area (Å²) >= 11 is 0. The molecule has 0 N–H and O–H groups in total. The minimum Gasteiger partial charge on any atom is -0.459 e. The average Bonchev–Trinajstić information content (AvgIpc) is 2.56. The van der Waals surface area contributed by atoms with E-state index in [1.807, 2.05) is 36.4 Å². The third-order valence-corrected chi connectivity index (χ3v) is 2.93. The van der Waals surface area contributed by atoms with Gasteiger partial charge in [-0.15, -0.1) is 0 Å². The molecule has 4 nitrogen and oxygen atoms in total. The molecule has 0 bridgehead atoms. The van der Waals surface area contributed by atoms with Crippen molar-refractivity contribution in [3.05, 3.63) is 71.8 Å². The third kappa shape index (κ3) is 4.70. The smallest absolute Gasteiger partial charge is 0.338 e. The van der Waals surface area contributed by atoms with Crippen LogP contribution in [-0.4, -0.2) is 26.5 Å². The summed E-state index contributed by atoms with van der Waals surface area (Å²) in [6.45, 7) is 0.281. The Bertz CT molecular complexity index is 539. The molecular formula is C17H18O4. The molecule has 0 aliphatic rings. The predicted octanol–water partition coefficient (Wildman–Crippen LogP) is 3.21. The Morgan fingerprint density at radius 3 is 2.24 bits per heavy atom. The summed E-state index contributed by atoms with van der Waals surface area (Å²) in [6, 6.07) is 18.5. The van der Waals surface area contributed by atoms with Crippen molar-refractivity contribution >= 4 is 5.97 Å². The standard InChI is InChI=1S/C17H18O4/c1-19-13-21-16(14-8-4-2-5-9-14)12-20-17(18)15-10-6-3-7-11-15/h2-11,16H,12-13H2,1H3/t16-/m0/s1. The van der Waals surface area contributed by atoms with Crippen LogP contribution in [0.4, 0.5) is 0 Å². The first-order chi connectivity index (χ1) is 10.3. The van der Waals surface area contributed by atoms with Crippen LogP contribution in [0.1, 0.15) is 22.0 Å². The van der Waals surface area contributed by atoms with Crippen molar-refractivity contribution in [3.8, 4) is 0 Å². The summed E-state index contributed by atoms with van der Waals surface area (Å²) in [5.41, 5.74) is 1.46. The second-order valence-corrected chi connectivity index (χ2v) is 4.44. The highest BCUT2D eigenvalue weighted by molar-refractivity contribution is 5.89. The molecule has 4 heteroatoms. The largest absolute Gasteiger partial charge is 0.459 e. The number of benzene rings is 2. The van der Waals surface area contributed by atoms with E-state index in [2.05, 4.69) is 0 Å². The summed E-state index contributed by atoms with van der Waals surface area (Å²) in [5.74, 6) is -0.363. The molecule has 0 aliphatic heterocycles. The normalized spacial score (nSPS) is 11.9. The molecule has 0 radical (unpaired) electrons. The zero-order valence-electron chi connectivity index (χ0n) is 11.9. The number of hydrogen-bond donors (Lipinski definition) is 0. The molecule has 0 unspecified atom stereocenters. The molecule has 0 aromatic heterocycles. The molecule has 21 heavy (non-hydrogen) atoms. The Labute approximate surface area is 124 Å². The Morgan fingerprint density at radius 2 is 1.62 bits per heavy atom. The van der Waals surface area contributed by atoms with Crippen LogP contribution in [-0.2, 0) is 14.2 Å². The molecular weight excluding hydrogens is 268 g/mol. The molecule has 2 aromatic carbocycles. The first-order valence-corrected chi connectivity index (χ1v) is 6.69. The van der Waals surface area contributed by atoms with E-state index in [4.69, 9.17) is 14.2 Å². The van der Waals surface area contributed by atoms with Gasteiger partial charge in [0.25, 0.3) is 0 Å². The van der Waals surface area contributed by atoms with Crippen molar-refractivity contribution in [3.63, 3.8) is 0 Å². The minimum absolute atomic E-state index is 0.140. The Balaban J connectivity index is 1.97. The Hall–Kier alpha value is -2.17. The maximum absolute atomic E-state index is 11.9.